The summed E-state index contributed by atoms with van der Waals surface area (Å²) in [5.41, 5.74) is -1.66. The molecular weight excluding hydrogens is 526 g/mol. The summed E-state index contributed by atoms with van der Waals surface area (Å²) in [5, 5.41) is 6.74. The first-order valence-electron chi connectivity index (χ1n) is 15.2. The highest BCUT2D eigenvalue weighted by Crippen LogP contribution is 2.68. The van der Waals surface area contributed by atoms with Gasteiger partial charge in [-0.05, 0) is 68.9 Å². The maximum Gasteiger partial charge on any atom is 0.414 e. The fourth-order valence-corrected chi connectivity index (χ4v) is 8.98. The standard InChI is InChI=1S/C31H51N3O7/c1-19-11-14-34(6)16-22(19)27(36)33-28(37)41-24-15-29(4,17-32-39-8)26(40-18-38-7)21(3)31-12-9-20(2)30(24,5)25(31)23(35)10-13-31/h17,19-22,24-26H,9-16,18H2,1-8H3,(H,33,36,37)/b32-17+/t19-,20+,21-,22-,24+,25?,26-,29-,30-,31?/m0/s1. The molecule has 1 heterocycles. The monoisotopic (exact) mass is 577 g/mol. The number of ketones is 1. The van der Waals surface area contributed by atoms with Crippen molar-refractivity contribution in [1.29, 1.82) is 0 Å². The van der Waals surface area contributed by atoms with Crippen molar-refractivity contribution < 1.29 is 33.4 Å². The van der Waals surface area contributed by atoms with Gasteiger partial charge >= 0.3 is 6.09 Å². The van der Waals surface area contributed by atoms with Crippen molar-refractivity contribution in [3.05, 3.63) is 0 Å². The first-order valence-corrected chi connectivity index (χ1v) is 15.2. The fourth-order valence-electron chi connectivity index (χ4n) is 8.98. The second-order valence-corrected chi connectivity index (χ2v) is 13.9. The van der Waals surface area contributed by atoms with Gasteiger partial charge in [-0.1, -0.05) is 39.8 Å². The van der Waals surface area contributed by atoms with Gasteiger partial charge in [-0.15, -0.1) is 0 Å². The number of ether oxygens (including phenoxy) is 3. The summed E-state index contributed by atoms with van der Waals surface area (Å²) in [6.07, 6.45) is 4.28. The van der Waals surface area contributed by atoms with Gasteiger partial charge in [0.1, 0.15) is 25.8 Å². The number of alkyl carbamates (subject to hydrolysis) is 1. The van der Waals surface area contributed by atoms with Crippen LogP contribution in [0, 0.1) is 45.8 Å². The number of methoxy groups -OCH3 is 1. The SMILES string of the molecule is COCO[C@H]1[C@H](C)C23CCC(=O)C2[C@@](C)([C@H](C)CC3)[C@H](OC(=O)NC(=O)[C@H]2CN(C)CC[C@@H]2C)C[C@@]1(C)/C=N/OC. The molecule has 10 heteroatoms. The number of hydrogen-bond acceptors (Lipinski definition) is 9. The second-order valence-electron chi connectivity index (χ2n) is 13.9. The first-order chi connectivity index (χ1) is 19.3. The van der Waals surface area contributed by atoms with Crippen molar-refractivity contribution in [3.8, 4) is 0 Å². The minimum atomic E-state index is -0.760. The third-order valence-corrected chi connectivity index (χ3v) is 11.6. The number of piperidine rings is 1. The van der Waals surface area contributed by atoms with E-state index in [2.05, 4.69) is 43.1 Å². The molecule has 4 aliphatic rings. The lowest BCUT2D eigenvalue weighted by atomic mass is 9.44. The molecule has 10 atom stereocenters. The van der Waals surface area contributed by atoms with Gasteiger partial charge in [0.2, 0.25) is 5.91 Å². The molecule has 4 rings (SSSR count). The van der Waals surface area contributed by atoms with Crippen LogP contribution >= 0.6 is 0 Å². The maximum absolute atomic E-state index is 13.8. The highest BCUT2D eigenvalue weighted by molar-refractivity contribution is 5.93. The Bertz CT molecular complexity index is 1020. The van der Waals surface area contributed by atoms with Crippen molar-refractivity contribution in [2.75, 3.05) is 41.1 Å². The molecule has 1 N–H and O–H groups in total. The first kappa shape index (κ1) is 31.9. The normalized spacial score (nSPS) is 43.2. The van der Waals surface area contributed by atoms with Crippen LogP contribution in [0.5, 0.6) is 0 Å². The molecule has 10 nitrogen and oxygen atoms in total. The number of carbonyl (C=O) groups is 3. The minimum absolute atomic E-state index is 0.00960. The maximum atomic E-state index is 13.8. The Hall–Kier alpha value is -2.04. The molecule has 4 fully saturated rings. The molecule has 0 aromatic carbocycles. The number of oxime groups is 1. The van der Waals surface area contributed by atoms with Gasteiger partial charge < -0.3 is 23.9 Å². The molecule has 1 saturated heterocycles. The molecule has 3 aliphatic carbocycles. The highest BCUT2D eigenvalue weighted by Gasteiger charge is 2.68. The Balaban J connectivity index is 1.73. The lowest BCUT2D eigenvalue weighted by Gasteiger charge is -2.62. The molecule has 2 amide bonds. The minimum Gasteiger partial charge on any atom is -0.445 e. The van der Waals surface area contributed by atoms with Crippen molar-refractivity contribution >= 4 is 24.0 Å². The fraction of sp³-hybridized carbons (Fsp3) is 0.871. The summed E-state index contributed by atoms with van der Waals surface area (Å²) >= 11 is 0. The van der Waals surface area contributed by atoms with Gasteiger partial charge in [-0.3, -0.25) is 14.9 Å². The van der Waals surface area contributed by atoms with Crippen LogP contribution in [0.4, 0.5) is 4.79 Å². The van der Waals surface area contributed by atoms with Crippen LogP contribution in [0.3, 0.4) is 0 Å². The highest BCUT2D eigenvalue weighted by atomic mass is 16.7. The van der Waals surface area contributed by atoms with Crippen molar-refractivity contribution in [3.63, 3.8) is 0 Å². The van der Waals surface area contributed by atoms with Gasteiger partial charge in [0.25, 0.3) is 0 Å². The zero-order valence-electron chi connectivity index (χ0n) is 26.2. The summed E-state index contributed by atoms with van der Waals surface area (Å²) in [4.78, 5) is 47.8. The number of rotatable bonds is 7. The summed E-state index contributed by atoms with van der Waals surface area (Å²) in [6.45, 7) is 12.2. The van der Waals surface area contributed by atoms with Crippen molar-refractivity contribution in [2.24, 2.45) is 51.0 Å². The topological polar surface area (TPSA) is 116 Å². The summed E-state index contributed by atoms with van der Waals surface area (Å²) in [5.74, 6) is -0.362. The van der Waals surface area contributed by atoms with E-state index < -0.39 is 23.0 Å². The zero-order chi connectivity index (χ0) is 30.2. The largest absolute Gasteiger partial charge is 0.445 e. The molecular formula is C31H51N3O7. The summed E-state index contributed by atoms with van der Waals surface area (Å²) in [6, 6.07) is 0. The molecule has 0 aromatic heterocycles. The number of nitrogens with zero attached hydrogens (tertiary/aromatic N) is 2. The molecule has 3 saturated carbocycles. The lowest BCUT2D eigenvalue weighted by molar-refractivity contribution is -0.210. The van der Waals surface area contributed by atoms with Crippen molar-refractivity contribution in [2.45, 2.75) is 85.4 Å². The quantitative estimate of drug-likeness (QED) is 0.271. The van der Waals surface area contributed by atoms with E-state index in [1.807, 2.05) is 14.0 Å². The van der Waals surface area contributed by atoms with E-state index in [0.29, 0.717) is 19.4 Å². The number of imide groups is 1. The number of likely N-dealkylation sites (tertiary alicyclic amines) is 1. The molecule has 41 heavy (non-hydrogen) atoms. The number of nitrogens with one attached hydrogen (secondary N) is 1. The Morgan fingerprint density at radius 2 is 1.88 bits per heavy atom. The predicted octanol–water partition coefficient (Wildman–Crippen LogP) is 4.26. The molecule has 2 unspecified atom stereocenters. The molecule has 2 bridgehead atoms. The smallest absolute Gasteiger partial charge is 0.414 e. The van der Waals surface area contributed by atoms with Crippen LogP contribution in [0.25, 0.3) is 0 Å². The zero-order valence-corrected chi connectivity index (χ0v) is 26.2. The molecule has 1 aliphatic heterocycles. The van der Waals surface area contributed by atoms with Gasteiger partial charge in [-0.2, -0.15) is 0 Å². The van der Waals surface area contributed by atoms with Crippen LogP contribution in [-0.2, 0) is 28.6 Å². The summed E-state index contributed by atoms with van der Waals surface area (Å²) in [7, 11) is 5.07. The molecule has 0 aromatic rings. The van der Waals surface area contributed by atoms with E-state index in [4.69, 9.17) is 19.0 Å². The third kappa shape index (κ3) is 5.68. The predicted molar refractivity (Wildman–Crippen MR) is 154 cm³/mol. The Kier molecular flexibility index (Phi) is 9.56. The van der Waals surface area contributed by atoms with E-state index in [1.54, 1.807) is 13.3 Å². The molecule has 0 radical (unpaired) electrons. The van der Waals surface area contributed by atoms with Crippen LogP contribution in [0.2, 0.25) is 0 Å². The van der Waals surface area contributed by atoms with Crippen LogP contribution in [-0.4, -0.2) is 82.3 Å². The molecule has 0 spiro atoms. The van der Waals surface area contributed by atoms with Gasteiger partial charge in [0.15, 0.2) is 0 Å². The third-order valence-electron chi connectivity index (χ3n) is 11.6. The summed E-state index contributed by atoms with van der Waals surface area (Å²) < 4.78 is 18.0. The Labute approximate surface area is 245 Å². The van der Waals surface area contributed by atoms with Gasteiger partial charge in [-0.25, -0.2) is 4.79 Å². The number of amides is 2. The number of carbonyl (C=O) groups excluding carboxylic acids is 3. The average molecular weight is 578 g/mol. The van der Waals surface area contributed by atoms with E-state index in [1.165, 1.54) is 7.11 Å². The van der Waals surface area contributed by atoms with Crippen LogP contribution in [0.15, 0.2) is 5.16 Å². The Morgan fingerprint density at radius 1 is 1.15 bits per heavy atom. The number of Topliss-reactive ketones (excluding diaryl/α,β-unsaturated/α-hetero) is 1. The van der Waals surface area contributed by atoms with Crippen LogP contribution in [0.1, 0.15) is 73.1 Å². The average Bonchev–Trinajstić information content (AvgIpc) is 3.28. The Morgan fingerprint density at radius 3 is 2.56 bits per heavy atom. The van der Waals surface area contributed by atoms with E-state index in [-0.39, 0.29) is 59.6 Å². The molecule has 232 valence electrons. The second kappa shape index (κ2) is 12.3. The number of hydrogen-bond donors (Lipinski definition) is 1. The lowest BCUT2D eigenvalue weighted by Crippen LogP contribution is -2.64. The van der Waals surface area contributed by atoms with E-state index >= 15 is 0 Å². The van der Waals surface area contributed by atoms with Crippen LogP contribution < -0.4 is 5.32 Å². The van der Waals surface area contributed by atoms with Gasteiger partial charge in [0, 0.05) is 36.8 Å². The van der Waals surface area contributed by atoms with E-state index in [0.717, 1.165) is 32.2 Å². The van der Waals surface area contributed by atoms with Gasteiger partial charge in [0.05, 0.1) is 18.2 Å². The van der Waals surface area contributed by atoms with Crippen molar-refractivity contribution in [1.82, 2.24) is 10.2 Å². The van der Waals surface area contributed by atoms with E-state index in [9.17, 15) is 14.4 Å².